The summed E-state index contributed by atoms with van der Waals surface area (Å²) in [4.78, 5) is 12.0. The second-order valence-corrected chi connectivity index (χ2v) is 5.90. The number of nitrogens with one attached hydrogen (secondary N) is 1. The van der Waals surface area contributed by atoms with Gasteiger partial charge in [-0.05, 0) is 28.8 Å². The lowest BCUT2D eigenvalue weighted by Crippen LogP contribution is -2.35. The predicted molar refractivity (Wildman–Crippen MR) is 79.7 cm³/mol. The van der Waals surface area contributed by atoms with Gasteiger partial charge in [-0.3, -0.25) is 4.79 Å². The number of aromatic nitrogens is 2. The van der Waals surface area contributed by atoms with Crippen LogP contribution in [0.1, 0.15) is 25.7 Å². The van der Waals surface area contributed by atoms with Gasteiger partial charge in [0.25, 0.3) is 5.56 Å². The van der Waals surface area contributed by atoms with Crippen LogP contribution in [0.15, 0.2) is 15.5 Å². The minimum Gasteiger partial charge on any atom is -0.396 e. The first kappa shape index (κ1) is 15.5. The van der Waals surface area contributed by atoms with E-state index < -0.39 is 0 Å². The van der Waals surface area contributed by atoms with Crippen molar-refractivity contribution in [3.63, 3.8) is 0 Å². The van der Waals surface area contributed by atoms with Crippen molar-refractivity contribution in [2.45, 2.75) is 38.3 Å². The van der Waals surface area contributed by atoms with Gasteiger partial charge in [0.05, 0.1) is 25.0 Å². The van der Waals surface area contributed by atoms with E-state index in [0.717, 1.165) is 25.7 Å². The standard InChI is InChI=1S/C13H20BrN3O3/c14-12-11(7-15-17(5-6-18)13(12)20)16-10-4-2-1-3-9(10)8-19/h7,9-10,16,18-19H,1-6,8H2. The van der Waals surface area contributed by atoms with Crippen LogP contribution in [0.5, 0.6) is 0 Å². The fourth-order valence-electron chi connectivity index (χ4n) is 2.64. The third-order valence-electron chi connectivity index (χ3n) is 3.78. The van der Waals surface area contributed by atoms with Crippen molar-refractivity contribution >= 4 is 21.6 Å². The lowest BCUT2D eigenvalue weighted by Gasteiger charge is -2.31. The highest BCUT2D eigenvalue weighted by Crippen LogP contribution is 2.28. The third-order valence-corrected chi connectivity index (χ3v) is 4.55. The third kappa shape index (κ3) is 3.39. The van der Waals surface area contributed by atoms with Crippen molar-refractivity contribution in [1.82, 2.24) is 9.78 Å². The Balaban J connectivity index is 2.17. The molecule has 1 aliphatic carbocycles. The van der Waals surface area contributed by atoms with Crippen molar-refractivity contribution in [2.24, 2.45) is 5.92 Å². The Labute approximate surface area is 125 Å². The number of nitrogens with zero attached hydrogens (tertiary/aromatic N) is 2. The Morgan fingerprint density at radius 1 is 1.40 bits per heavy atom. The Hall–Kier alpha value is -0.920. The molecule has 6 nitrogen and oxygen atoms in total. The highest BCUT2D eigenvalue weighted by molar-refractivity contribution is 9.10. The molecular formula is C13H20BrN3O3. The zero-order valence-corrected chi connectivity index (χ0v) is 12.8. The van der Waals surface area contributed by atoms with E-state index in [1.165, 1.54) is 4.68 Å². The molecule has 20 heavy (non-hydrogen) atoms. The monoisotopic (exact) mass is 345 g/mol. The molecule has 0 radical (unpaired) electrons. The second-order valence-electron chi connectivity index (χ2n) is 5.10. The summed E-state index contributed by atoms with van der Waals surface area (Å²) in [5.74, 6) is 0.218. The second kappa shape index (κ2) is 7.19. The minimum atomic E-state index is -0.264. The van der Waals surface area contributed by atoms with Gasteiger partial charge in [-0.15, -0.1) is 0 Å². The van der Waals surface area contributed by atoms with Crippen LogP contribution in [0.25, 0.3) is 0 Å². The van der Waals surface area contributed by atoms with E-state index in [1.54, 1.807) is 6.20 Å². The molecule has 0 spiro atoms. The molecule has 2 atom stereocenters. The molecule has 1 aromatic heterocycles. The fraction of sp³-hybridized carbons (Fsp3) is 0.692. The van der Waals surface area contributed by atoms with E-state index in [0.29, 0.717) is 10.2 Å². The van der Waals surface area contributed by atoms with E-state index in [1.807, 2.05) is 0 Å². The maximum Gasteiger partial charge on any atom is 0.283 e. The van der Waals surface area contributed by atoms with Crippen LogP contribution in [0, 0.1) is 5.92 Å². The lowest BCUT2D eigenvalue weighted by molar-refractivity contribution is 0.178. The van der Waals surface area contributed by atoms with E-state index in [2.05, 4.69) is 26.3 Å². The van der Waals surface area contributed by atoms with Crippen molar-refractivity contribution in [3.05, 3.63) is 21.0 Å². The van der Waals surface area contributed by atoms with E-state index in [4.69, 9.17) is 5.11 Å². The number of hydrogen-bond donors (Lipinski definition) is 3. The van der Waals surface area contributed by atoms with Crippen molar-refractivity contribution < 1.29 is 10.2 Å². The molecular weight excluding hydrogens is 326 g/mol. The van der Waals surface area contributed by atoms with Gasteiger partial charge in [0.2, 0.25) is 0 Å². The van der Waals surface area contributed by atoms with Gasteiger partial charge in [-0.2, -0.15) is 5.10 Å². The first-order chi connectivity index (χ1) is 9.67. The van der Waals surface area contributed by atoms with Crippen molar-refractivity contribution in [1.29, 1.82) is 0 Å². The topological polar surface area (TPSA) is 87.4 Å². The van der Waals surface area contributed by atoms with Crippen LogP contribution >= 0.6 is 15.9 Å². The number of hydrogen-bond acceptors (Lipinski definition) is 5. The zero-order valence-electron chi connectivity index (χ0n) is 11.3. The largest absolute Gasteiger partial charge is 0.396 e. The summed E-state index contributed by atoms with van der Waals surface area (Å²) < 4.78 is 1.64. The summed E-state index contributed by atoms with van der Waals surface area (Å²) >= 11 is 3.29. The first-order valence-electron chi connectivity index (χ1n) is 6.91. The van der Waals surface area contributed by atoms with Crippen LogP contribution in [-0.4, -0.2) is 39.2 Å². The fourth-order valence-corrected chi connectivity index (χ4v) is 3.06. The van der Waals surface area contributed by atoms with Crippen LogP contribution in [0.4, 0.5) is 5.69 Å². The molecule has 0 bridgehead atoms. The van der Waals surface area contributed by atoms with E-state index >= 15 is 0 Å². The maximum atomic E-state index is 12.0. The number of aliphatic hydroxyl groups excluding tert-OH is 2. The molecule has 1 saturated carbocycles. The molecule has 1 fully saturated rings. The van der Waals surface area contributed by atoms with Crippen LogP contribution in [0.2, 0.25) is 0 Å². The Morgan fingerprint density at radius 2 is 2.15 bits per heavy atom. The van der Waals surface area contributed by atoms with Gasteiger partial charge >= 0.3 is 0 Å². The zero-order chi connectivity index (χ0) is 14.5. The smallest absolute Gasteiger partial charge is 0.283 e. The van der Waals surface area contributed by atoms with Gasteiger partial charge in [-0.25, -0.2) is 4.68 Å². The number of aliphatic hydroxyl groups is 2. The molecule has 2 rings (SSSR count). The summed E-state index contributed by atoms with van der Waals surface area (Å²) in [6.07, 6.45) is 5.84. The molecule has 2 unspecified atom stereocenters. The summed E-state index contributed by atoms with van der Waals surface area (Å²) in [7, 11) is 0. The average molecular weight is 346 g/mol. The molecule has 7 heteroatoms. The van der Waals surface area contributed by atoms with Gasteiger partial charge < -0.3 is 15.5 Å². The quantitative estimate of drug-likeness (QED) is 0.739. The molecule has 0 saturated heterocycles. The number of halogens is 1. The Kier molecular flexibility index (Phi) is 5.56. The van der Waals surface area contributed by atoms with E-state index in [-0.39, 0.29) is 37.3 Å². The maximum absolute atomic E-state index is 12.0. The summed E-state index contributed by atoms with van der Waals surface area (Å²) in [6.45, 7) is 0.214. The molecule has 1 aliphatic rings. The SMILES string of the molecule is O=c1c(Br)c(NC2CCCCC2CO)cnn1CCO. The average Bonchev–Trinajstić information content (AvgIpc) is 2.47. The highest BCUT2D eigenvalue weighted by Gasteiger charge is 2.25. The van der Waals surface area contributed by atoms with Gasteiger partial charge in [-0.1, -0.05) is 12.8 Å². The highest BCUT2D eigenvalue weighted by atomic mass is 79.9. The Morgan fingerprint density at radius 3 is 2.85 bits per heavy atom. The molecule has 1 heterocycles. The van der Waals surface area contributed by atoms with E-state index in [9.17, 15) is 9.90 Å². The normalized spacial score (nSPS) is 22.8. The minimum absolute atomic E-state index is 0.124. The molecule has 0 aromatic carbocycles. The summed E-state index contributed by atoms with van der Waals surface area (Å²) in [5, 5.41) is 25.6. The Bertz CT molecular complexity index is 506. The number of anilines is 1. The molecule has 3 N–H and O–H groups in total. The lowest BCUT2D eigenvalue weighted by atomic mass is 9.85. The molecule has 112 valence electrons. The van der Waals surface area contributed by atoms with Crippen LogP contribution < -0.4 is 10.9 Å². The molecule has 0 amide bonds. The van der Waals surface area contributed by atoms with Gasteiger partial charge in [0.15, 0.2) is 0 Å². The summed E-state index contributed by atoms with van der Waals surface area (Å²) in [5.41, 5.74) is 0.384. The number of rotatable bonds is 5. The predicted octanol–water partition coefficient (Wildman–Crippen LogP) is 0.961. The first-order valence-corrected chi connectivity index (χ1v) is 7.70. The van der Waals surface area contributed by atoms with Crippen LogP contribution in [0.3, 0.4) is 0 Å². The summed E-state index contributed by atoms with van der Waals surface area (Å²) in [6, 6.07) is 0.167. The van der Waals surface area contributed by atoms with Gasteiger partial charge in [0.1, 0.15) is 4.47 Å². The van der Waals surface area contributed by atoms with Gasteiger partial charge in [0, 0.05) is 18.6 Å². The van der Waals surface area contributed by atoms with Crippen molar-refractivity contribution in [3.8, 4) is 0 Å². The molecule has 0 aliphatic heterocycles. The molecule has 1 aromatic rings. The van der Waals surface area contributed by atoms with Crippen LogP contribution in [-0.2, 0) is 6.54 Å². The van der Waals surface area contributed by atoms with Crippen molar-refractivity contribution in [2.75, 3.05) is 18.5 Å².